The Balaban J connectivity index is 2.62. The summed E-state index contributed by atoms with van der Waals surface area (Å²) in [5, 5.41) is 11.2. The molecule has 1 heterocycles. The van der Waals surface area contributed by atoms with Crippen LogP contribution in [-0.4, -0.2) is 17.7 Å². The summed E-state index contributed by atoms with van der Waals surface area (Å²) in [6.07, 6.45) is 1.21. The summed E-state index contributed by atoms with van der Waals surface area (Å²) in [4.78, 5) is 15.5. The Bertz CT molecular complexity index is 424. The van der Waals surface area contributed by atoms with Gasteiger partial charge in [-0.25, -0.2) is 4.79 Å². The van der Waals surface area contributed by atoms with Gasteiger partial charge in [0.15, 0.2) is 0 Å². The number of nitriles is 1. The first-order chi connectivity index (χ1) is 8.13. The molecule has 0 bridgehead atoms. The Kier molecular flexibility index (Phi) is 4.95. The molecule has 1 N–H and O–H groups in total. The molecule has 0 aliphatic rings. The number of amides is 1. The van der Waals surface area contributed by atoms with Crippen LogP contribution in [-0.2, 0) is 11.2 Å². The van der Waals surface area contributed by atoms with Crippen LogP contribution in [0.15, 0.2) is 18.3 Å². The van der Waals surface area contributed by atoms with Crippen LogP contribution in [0.2, 0.25) is 0 Å². The summed E-state index contributed by atoms with van der Waals surface area (Å²) in [7, 11) is 0. The summed E-state index contributed by atoms with van der Waals surface area (Å²) in [6.45, 7) is 4.27. The molecule has 0 fully saturated rings. The van der Waals surface area contributed by atoms with E-state index in [4.69, 9.17) is 10.00 Å². The zero-order chi connectivity index (χ0) is 12.7. The third-order valence-corrected chi connectivity index (χ3v) is 1.92. The van der Waals surface area contributed by atoms with Crippen molar-refractivity contribution in [2.45, 2.75) is 20.3 Å². The average molecular weight is 233 g/mol. The van der Waals surface area contributed by atoms with Gasteiger partial charge in [0.2, 0.25) is 0 Å². The van der Waals surface area contributed by atoms with E-state index in [1.165, 1.54) is 0 Å². The predicted octanol–water partition coefficient (Wildman–Crippen LogP) is 2.35. The minimum atomic E-state index is -0.522. The highest BCUT2D eigenvalue weighted by Gasteiger charge is 2.08. The van der Waals surface area contributed by atoms with Crippen molar-refractivity contribution in [3.63, 3.8) is 0 Å². The van der Waals surface area contributed by atoms with E-state index in [0.29, 0.717) is 18.0 Å². The number of aromatic nitrogens is 1. The maximum Gasteiger partial charge on any atom is 0.411 e. The van der Waals surface area contributed by atoms with Gasteiger partial charge in [0.05, 0.1) is 30.5 Å². The molecule has 0 aliphatic carbocycles. The maximum atomic E-state index is 11.4. The molecule has 0 radical (unpaired) electrons. The predicted molar refractivity (Wildman–Crippen MR) is 63.4 cm³/mol. The molecule has 0 saturated carbocycles. The Morgan fingerprint density at radius 3 is 3.06 bits per heavy atom. The molecule has 1 amide bonds. The van der Waals surface area contributed by atoms with E-state index in [1.54, 1.807) is 18.3 Å². The summed E-state index contributed by atoms with van der Waals surface area (Å²) in [5.41, 5.74) is 1.05. The van der Waals surface area contributed by atoms with Gasteiger partial charge in [-0.15, -0.1) is 0 Å². The summed E-state index contributed by atoms with van der Waals surface area (Å²) >= 11 is 0. The lowest BCUT2D eigenvalue weighted by Crippen LogP contribution is -2.17. The van der Waals surface area contributed by atoms with Crippen LogP contribution in [0.4, 0.5) is 10.5 Å². The Morgan fingerprint density at radius 1 is 1.65 bits per heavy atom. The fourth-order valence-electron chi connectivity index (χ4n) is 1.16. The Morgan fingerprint density at radius 2 is 2.41 bits per heavy atom. The van der Waals surface area contributed by atoms with E-state index in [0.717, 1.165) is 0 Å². The highest BCUT2D eigenvalue weighted by molar-refractivity contribution is 5.85. The first-order valence-electron chi connectivity index (χ1n) is 5.38. The molecule has 0 saturated heterocycles. The van der Waals surface area contributed by atoms with Gasteiger partial charge < -0.3 is 4.74 Å². The molecule has 0 aliphatic heterocycles. The first-order valence-corrected chi connectivity index (χ1v) is 5.38. The van der Waals surface area contributed by atoms with Crippen LogP contribution in [0.3, 0.4) is 0 Å². The van der Waals surface area contributed by atoms with E-state index in [2.05, 4.69) is 10.3 Å². The van der Waals surface area contributed by atoms with Crippen LogP contribution < -0.4 is 5.32 Å². The van der Waals surface area contributed by atoms with E-state index < -0.39 is 6.09 Å². The lowest BCUT2D eigenvalue weighted by Gasteiger charge is -2.10. The fraction of sp³-hybridized carbons (Fsp3) is 0.417. The number of hydrogen-bond donors (Lipinski definition) is 1. The number of carbonyl (C=O) groups is 1. The normalized spacial score (nSPS) is 9.76. The van der Waals surface area contributed by atoms with Gasteiger partial charge in [-0.2, -0.15) is 5.26 Å². The monoisotopic (exact) mass is 233 g/mol. The van der Waals surface area contributed by atoms with Crippen molar-refractivity contribution in [2.24, 2.45) is 5.92 Å². The molecule has 5 heteroatoms. The Hall–Kier alpha value is -2.09. The zero-order valence-electron chi connectivity index (χ0n) is 9.93. The molecular formula is C12H15N3O2. The van der Waals surface area contributed by atoms with Crippen molar-refractivity contribution < 1.29 is 9.53 Å². The third-order valence-electron chi connectivity index (χ3n) is 1.92. The molecule has 90 valence electrons. The second kappa shape index (κ2) is 6.48. The number of rotatable bonds is 4. The topological polar surface area (TPSA) is 75.0 Å². The Labute approximate surface area is 100 Å². The number of nitrogens with one attached hydrogen (secondary N) is 1. The van der Waals surface area contributed by atoms with Gasteiger partial charge in [-0.1, -0.05) is 13.8 Å². The molecule has 17 heavy (non-hydrogen) atoms. The van der Waals surface area contributed by atoms with Gasteiger partial charge in [0.1, 0.15) is 0 Å². The molecule has 0 aromatic carbocycles. The summed E-state index contributed by atoms with van der Waals surface area (Å²) < 4.78 is 4.98. The molecular weight excluding hydrogens is 218 g/mol. The molecule has 5 nitrogen and oxygen atoms in total. The van der Waals surface area contributed by atoms with Gasteiger partial charge in [-0.05, 0) is 18.1 Å². The third kappa shape index (κ3) is 4.51. The quantitative estimate of drug-likeness (QED) is 0.866. The number of nitrogens with zero attached hydrogens (tertiary/aromatic N) is 2. The molecule has 0 atom stereocenters. The molecule has 1 rings (SSSR count). The summed E-state index contributed by atoms with van der Waals surface area (Å²) in [6, 6.07) is 5.38. The maximum absolute atomic E-state index is 11.4. The molecule has 1 aromatic heterocycles. The second-order valence-electron chi connectivity index (χ2n) is 3.95. The van der Waals surface area contributed by atoms with Crippen LogP contribution in [0.25, 0.3) is 0 Å². The smallest absolute Gasteiger partial charge is 0.411 e. The average Bonchev–Trinajstić information content (AvgIpc) is 2.29. The van der Waals surface area contributed by atoms with Gasteiger partial charge in [0, 0.05) is 6.20 Å². The summed E-state index contributed by atoms with van der Waals surface area (Å²) in [5.74, 6) is 0.285. The van der Waals surface area contributed by atoms with E-state index >= 15 is 0 Å². The van der Waals surface area contributed by atoms with Crippen molar-refractivity contribution in [2.75, 3.05) is 11.9 Å². The van der Waals surface area contributed by atoms with E-state index in [1.807, 2.05) is 19.9 Å². The van der Waals surface area contributed by atoms with Gasteiger partial charge in [-0.3, -0.25) is 10.3 Å². The molecule has 0 unspecified atom stereocenters. The second-order valence-corrected chi connectivity index (χ2v) is 3.95. The molecule has 0 spiro atoms. The highest BCUT2D eigenvalue weighted by Crippen LogP contribution is 2.12. The van der Waals surface area contributed by atoms with Crippen LogP contribution in [0.5, 0.6) is 0 Å². The minimum absolute atomic E-state index is 0.153. The minimum Gasteiger partial charge on any atom is -0.449 e. The number of pyridine rings is 1. The number of carbonyl (C=O) groups excluding carboxylic acids is 1. The molecule has 1 aromatic rings. The zero-order valence-corrected chi connectivity index (χ0v) is 9.93. The van der Waals surface area contributed by atoms with Crippen molar-refractivity contribution in [3.05, 3.63) is 24.0 Å². The van der Waals surface area contributed by atoms with Crippen molar-refractivity contribution in [1.82, 2.24) is 4.98 Å². The van der Waals surface area contributed by atoms with E-state index in [-0.39, 0.29) is 12.3 Å². The SMILES string of the molecule is CC(C)COC(=O)Nc1cccnc1CC#N. The van der Waals surface area contributed by atoms with Crippen molar-refractivity contribution >= 4 is 11.8 Å². The number of ether oxygens (including phenoxy) is 1. The number of anilines is 1. The van der Waals surface area contributed by atoms with Gasteiger partial charge >= 0.3 is 6.09 Å². The van der Waals surface area contributed by atoms with Gasteiger partial charge in [0.25, 0.3) is 0 Å². The first kappa shape index (κ1) is 13.0. The van der Waals surface area contributed by atoms with Crippen LogP contribution in [0.1, 0.15) is 19.5 Å². The lowest BCUT2D eigenvalue weighted by atomic mass is 10.2. The highest BCUT2D eigenvalue weighted by atomic mass is 16.5. The largest absolute Gasteiger partial charge is 0.449 e. The van der Waals surface area contributed by atoms with Crippen LogP contribution in [0, 0.1) is 17.2 Å². The van der Waals surface area contributed by atoms with E-state index in [9.17, 15) is 4.79 Å². The lowest BCUT2D eigenvalue weighted by molar-refractivity contribution is 0.147. The number of hydrogen-bond acceptors (Lipinski definition) is 4. The van der Waals surface area contributed by atoms with Crippen LogP contribution >= 0.6 is 0 Å². The fourth-order valence-corrected chi connectivity index (χ4v) is 1.16. The standard InChI is InChI=1S/C12H15N3O2/c1-9(2)8-17-12(16)15-11-4-3-7-14-10(11)5-6-13/h3-4,7,9H,5,8H2,1-2H3,(H,15,16). The van der Waals surface area contributed by atoms with Crippen molar-refractivity contribution in [3.8, 4) is 6.07 Å². The van der Waals surface area contributed by atoms with Crippen molar-refractivity contribution in [1.29, 1.82) is 5.26 Å².